The number of aromatic nitrogens is 1. The lowest BCUT2D eigenvalue weighted by molar-refractivity contribution is -0.275. The van der Waals surface area contributed by atoms with Crippen molar-refractivity contribution in [2.24, 2.45) is 0 Å². The Morgan fingerprint density at radius 1 is 1.35 bits per heavy atom. The van der Waals surface area contributed by atoms with Crippen molar-refractivity contribution in [3.05, 3.63) is 22.0 Å². The maximum absolute atomic E-state index is 12.4. The van der Waals surface area contributed by atoms with Gasteiger partial charge in [0.2, 0.25) is 5.88 Å². The Bertz CT molecular complexity index is 453. The zero-order valence-corrected chi connectivity index (χ0v) is 8.27. The van der Waals surface area contributed by atoms with E-state index in [1.807, 2.05) is 4.98 Å². The molecule has 1 heterocycles. The first-order chi connectivity index (χ1) is 7.74. The van der Waals surface area contributed by atoms with Crippen LogP contribution < -0.4 is 15.0 Å². The predicted octanol–water partition coefficient (Wildman–Crippen LogP) is 2.22. The van der Waals surface area contributed by atoms with Crippen LogP contribution in [0.25, 0.3) is 0 Å². The van der Waals surface area contributed by atoms with Crippen LogP contribution in [-0.2, 0) is 0 Å². The Hall–Kier alpha value is -1.80. The van der Waals surface area contributed by atoms with Crippen LogP contribution in [0.3, 0.4) is 0 Å². The highest BCUT2D eigenvalue weighted by Gasteiger charge is 2.35. The van der Waals surface area contributed by atoms with Crippen LogP contribution >= 0.6 is 0 Å². The fourth-order valence-electron chi connectivity index (χ4n) is 1.07. The zero-order chi connectivity index (χ0) is 13.2. The van der Waals surface area contributed by atoms with Crippen molar-refractivity contribution in [1.82, 2.24) is 4.98 Å². The minimum Gasteiger partial charge on any atom is -0.480 e. The molecule has 1 aromatic rings. The Balaban J connectivity index is 3.37. The highest BCUT2D eigenvalue weighted by Crippen LogP contribution is 2.37. The largest absolute Gasteiger partial charge is 0.573 e. The summed E-state index contributed by atoms with van der Waals surface area (Å²) in [5, 5.41) is 0. The third-order valence-electron chi connectivity index (χ3n) is 1.65. The molecule has 0 bridgehead atoms. The molecule has 0 fully saturated rings. The van der Waals surface area contributed by atoms with E-state index in [9.17, 15) is 26.7 Å². The highest BCUT2D eigenvalue weighted by molar-refractivity contribution is 5.42. The van der Waals surface area contributed by atoms with Gasteiger partial charge in [-0.3, -0.25) is 9.78 Å². The first-order valence-electron chi connectivity index (χ1n) is 4.09. The van der Waals surface area contributed by atoms with Gasteiger partial charge in [0.25, 0.3) is 12.0 Å². The molecule has 0 aromatic carbocycles. The summed E-state index contributed by atoms with van der Waals surface area (Å²) in [6.45, 7) is 0. The second-order valence-corrected chi connectivity index (χ2v) is 2.80. The zero-order valence-electron chi connectivity index (χ0n) is 8.27. The summed E-state index contributed by atoms with van der Waals surface area (Å²) < 4.78 is 68.6. The number of hydrogen-bond acceptors (Lipinski definition) is 3. The lowest BCUT2D eigenvalue weighted by Gasteiger charge is -2.15. The van der Waals surface area contributed by atoms with E-state index < -0.39 is 35.5 Å². The molecule has 0 atom stereocenters. The molecule has 0 spiro atoms. The second kappa shape index (κ2) is 4.60. The molecule has 9 heteroatoms. The number of methoxy groups -OCH3 is 1. The smallest absolute Gasteiger partial charge is 0.480 e. The van der Waals surface area contributed by atoms with Crippen molar-refractivity contribution in [1.29, 1.82) is 0 Å². The van der Waals surface area contributed by atoms with Crippen molar-refractivity contribution in [2.45, 2.75) is 12.8 Å². The summed E-state index contributed by atoms with van der Waals surface area (Å²) in [7, 11) is 0.907. The number of aromatic amines is 1. The average molecular weight is 259 g/mol. The molecular weight excluding hydrogens is 253 g/mol. The van der Waals surface area contributed by atoms with Gasteiger partial charge in [-0.15, -0.1) is 13.2 Å². The molecule has 96 valence electrons. The molecule has 0 saturated carbocycles. The molecule has 0 aliphatic heterocycles. The van der Waals surface area contributed by atoms with E-state index in [4.69, 9.17) is 0 Å². The third kappa shape index (κ3) is 3.33. The van der Waals surface area contributed by atoms with E-state index in [2.05, 4.69) is 9.47 Å². The van der Waals surface area contributed by atoms with E-state index in [0.717, 1.165) is 7.11 Å². The fraction of sp³-hybridized carbons (Fsp3) is 0.375. The highest BCUT2D eigenvalue weighted by atomic mass is 19.4. The number of pyridine rings is 1. The summed E-state index contributed by atoms with van der Waals surface area (Å²) in [6.07, 6.45) is -8.47. The topological polar surface area (TPSA) is 51.3 Å². The van der Waals surface area contributed by atoms with Crippen molar-refractivity contribution < 1.29 is 31.4 Å². The number of ether oxygens (including phenoxy) is 2. The predicted molar refractivity (Wildman–Crippen MR) is 45.3 cm³/mol. The lowest BCUT2D eigenvalue weighted by Crippen LogP contribution is -2.21. The SMILES string of the molecule is COc1[nH]c(=O)cc(C(F)F)c1OC(F)(F)F. The van der Waals surface area contributed by atoms with Gasteiger partial charge < -0.3 is 9.47 Å². The molecule has 1 N–H and O–H groups in total. The van der Waals surface area contributed by atoms with Crippen LogP contribution in [0.5, 0.6) is 11.6 Å². The number of nitrogens with one attached hydrogen (secondary N) is 1. The van der Waals surface area contributed by atoms with Gasteiger partial charge in [0.1, 0.15) is 0 Å². The van der Waals surface area contributed by atoms with Crippen LogP contribution in [0, 0.1) is 0 Å². The Morgan fingerprint density at radius 2 is 1.94 bits per heavy atom. The van der Waals surface area contributed by atoms with Crippen LogP contribution in [0.15, 0.2) is 10.9 Å². The number of H-pyrrole nitrogens is 1. The summed E-state index contributed by atoms with van der Waals surface area (Å²) in [4.78, 5) is 12.7. The van der Waals surface area contributed by atoms with Crippen LogP contribution in [0.2, 0.25) is 0 Å². The van der Waals surface area contributed by atoms with Crippen molar-refractivity contribution in [2.75, 3.05) is 7.11 Å². The molecule has 0 unspecified atom stereocenters. The van der Waals surface area contributed by atoms with E-state index in [1.54, 1.807) is 0 Å². The van der Waals surface area contributed by atoms with Gasteiger partial charge in [0.05, 0.1) is 12.7 Å². The normalized spacial score (nSPS) is 11.7. The molecule has 0 aliphatic carbocycles. The average Bonchev–Trinajstić information content (AvgIpc) is 2.17. The monoisotopic (exact) mass is 259 g/mol. The van der Waals surface area contributed by atoms with Crippen molar-refractivity contribution >= 4 is 0 Å². The molecule has 1 rings (SSSR count). The van der Waals surface area contributed by atoms with Gasteiger partial charge in [-0.05, 0) is 0 Å². The van der Waals surface area contributed by atoms with Crippen LogP contribution in [0.1, 0.15) is 12.0 Å². The van der Waals surface area contributed by atoms with Crippen molar-refractivity contribution in [3.63, 3.8) is 0 Å². The van der Waals surface area contributed by atoms with Gasteiger partial charge in [0, 0.05) is 6.07 Å². The minimum atomic E-state index is -5.17. The Labute approximate surface area is 91.0 Å². The first kappa shape index (κ1) is 13.3. The second-order valence-electron chi connectivity index (χ2n) is 2.80. The number of halogens is 5. The number of alkyl halides is 5. The lowest BCUT2D eigenvalue weighted by atomic mass is 10.2. The van der Waals surface area contributed by atoms with E-state index in [1.165, 1.54) is 0 Å². The summed E-state index contributed by atoms with van der Waals surface area (Å²) in [6, 6.07) is 0.314. The molecule has 0 aliphatic rings. The molecule has 1 aromatic heterocycles. The molecule has 0 radical (unpaired) electrons. The first-order valence-corrected chi connectivity index (χ1v) is 4.09. The molecular formula is C8H6F5NO3. The summed E-state index contributed by atoms with van der Waals surface area (Å²) in [5.41, 5.74) is -2.21. The standard InChI is InChI=1S/C8H6F5NO3/c1-16-7-5(17-8(11,12)13)3(6(9)10)2-4(15)14-7/h2,6H,1H3,(H,14,15). The van der Waals surface area contributed by atoms with Gasteiger partial charge in [-0.2, -0.15) is 0 Å². The third-order valence-corrected chi connectivity index (χ3v) is 1.65. The van der Waals surface area contributed by atoms with Crippen molar-refractivity contribution in [3.8, 4) is 11.6 Å². The number of rotatable bonds is 3. The number of hydrogen-bond donors (Lipinski definition) is 1. The molecule has 0 amide bonds. The van der Waals surface area contributed by atoms with E-state index in [0.29, 0.717) is 6.07 Å². The van der Waals surface area contributed by atoms with Crippen LogP contribution in [-0.4, -0.2) is 18.5 Å². The molecule has 17 heavy (non-hydrogen) atoms. The van der Waals surface area contributed by atoms with E-state index >= 15 is 0 Å². The van der Waals surface area contributed by atoms with Gasteiger partial charge in [0.15, 0.2) is 5.75 Å². The Morgan fingerprint density at radius 3 is 2.35 bits per heavy atom. The quantitative estimate of drug-likeness (QED) is 0.847. The molecule has 4 nitrogen and oxygen atoms in total. The maximum atomic E-state index is 12.4. The van der Waals surface area contributed by atoms with E-state index in [-0.39, 0.29) is 0 Å². The summed E-state index contributed by atoms with van der Waals surface area (Å²) in [5.74, 6) is -2.07. The van der Waals surface area contributed by atoms with Gasteiger partial charge in [-0.25, -0.2) is 8.78 Å². The maximum Gasteiger partial charge on any atom is 0.573 e. The van der Waals surface area contributed by atoms with Crippen LogP contribution in [0.4, 0.5) is 22.0 Å². The van der Waals surface area contributed by atoms with Gasteiger partial charge in [-0.1, -0.05) is 0 Å². The minimum absolute atomic E-state index is 0.314. The summed E-state index contributed by atoms with van der Waals surface area (Å²) >= 11 is 0. The fourth-order valence-corrected chi connectivity index (χ4v) is 1.07. The Kier molecular flexibility index (Phi) is 3.59. The molecule has 0 saturated heterocycles. The van der Waals surface area contributed by atoms with Gasteiger partial charge >= 0.3 is 6.36 Å².